The lowest BCUT2D eigenvalue weighted by atomic mass is 9.85. The quantitative estimate of drug-likeness (QED) is 0.580. The van der Waals surface area contributed by atoms with Gasteiger partial charge in [0.05, 0.1) is 17.9 Å². The SMILES string of the molecule is CNC(=O)C1CC(O)CN1C(=O)[C@@H](n1cc(CC(O)Cc2ccccc2)nn1)C(C)(C)C. The lowest BCUT2D eigenvalue weighted by molar-refractivity contribution is -0.144. The summed E-state index contributed by atoms with van der Waals surface area (Å²) < 4.78 is 1.51. The van der Waals surface area contributed by atoms with Crippen molar-refractivity contribution in [1.82, 2.24) is 25.2 Å². The summed E-state index contributed by atoms with van der Waals surface area (Å²) in [5, 5.41) is 31.5. The number of likely N-dealkylation sites (N-methyl/N-ethyl adjacent to an activating group) is 1. The number of rotatable bonds is 7. The maximum absolute atomic E-state index is 13.5. The first-order chi connectivity index (χ1) is 15.1. The maximum atomic E-state index is 13.5. The predicted molar refractivity (Wildman–Crippen MR) is 119 cm³/mol. The van der Waals surface area contributed by atoms with Crippen molar-refractivity contribution in [2.24, 2.45) is 5.41 Å². The zero-order valence-corrected chi connectivity index (χ0v) is 19.1. The number of amides is 2. The maximum Gasteiger partial charge on any atom is 0.248 e. The first kappa shape index (κ1) is 23.9. The topological polar surface area (TPSA) is 121 Å². The molecule has 3 N–H and O–H groups in total. The normalized spacial score (nSPS) is 20.8. The number of nitrogens with zero attached hydrogens (tertiary/aromatic N) is 4. The third-order valence-electron chi connectivity index (χ3n) is 5.75. The second kappa shape index (κ2) is 9.79. The van der Waals surface area contributed by atoms with Crippen LogP contribution in [0.1, 0.15) is 44.5 Å². The van der Waals surface area contributed by atoms with Gasteiger partial charge in [-0.3, -0.25) is 9.59 Å². The number of aromatic nitrogens is 3. The molecule has 2 aromatic rings. The number of aliphatic hydroxyl groups is 2. The number of aliphatic hydroxyl groups excluding tert-OH is 2. The molecule has 174 valence electrons. The Balaban J connectivity index is 1.78. The van der Waals surface area contributed by atoms with Crippen LogP contribution in [0.4, 0.5) is 0 Å². The molecule has 9 heteroatoms. The molecule has 9 nitrogen and oxygen atoms in total. The molecule has 4 atom stereocenters. The number of hydrogen-bond acceptors (Lipinski definition) is 6. The molecule has 3 rings (SSSR count). The minimum Gasteiger partial charge on any atom is -0.392 e. The zero-order chi connectivity index (χ0) is 23.5. The van der Waals surface area contributed by atoms with Gasteiger partial charge < -0.3 is 20.4 Å². The molecule has 1 fully saturated rings. The Bertz CT molecular complexity index is 924. The van der Waals surface area contributed by atoms with E-state index in [0.717, 1.165) is 5.56 Å². The van der Waals surface area contributed by atoms with Crippen molar-refractivity contribution in [2.75, 3.05) is 13.6 Å². The number of likely N-dealkylation sites (tertiary alicyclic amines) is 1. The van der Waals surface area contributed by atoms with Crippen LogP contribution in [0.15, 0.2) is 36.5 Å². The Morgan fingerprint density at radius 2 is 1.91 bits per heavy atom. The monoisotopic (exact) mass is 443 g/mol. The number of nitrogens with one attached hydrogen (secondary N) is 1. The molecule has 2 amide bonds. The van der Waals surface area contributed by atoms with E-state index >= 15 is 0 Å². The molecule has 0 spiro atoms. The van der Waals surface area contributed by atoms with Crippen LogP contribution in [-0.2, 0) is 22.4 Å². The van der Waals surface area contributed by atoms with Gasteiger partial charge in [0.25, 0.3) is 0 Å². The van der Waals surface area contributed by atoms with Gasteiger partial charge in [0.15, 0.2) is 0 Å². The largest absolute Gasteiger partial charge is 0.392 e. The summed E-state index contributed by atoms with van der Waals surface area (Å²) in [6.07, 6.45) is 1.32. The lowest BCUT2D eigenvalue weighted by Crippen LogP contribution is -2.49. The molecule has 3 unspecified atom stereocenters. The van der Waals surface area contributed by atoms with Crippen molar-refractivity contribution in [3.8, 4) is 0 Å². The van der Waals surface area contributed by atoms with E-state index in [2.05, 4.69) is 15.6 Å². The predicted octanol–water partition coefficient (Wildman–Crippen LogP) is 0.719. The third kappa shape index (κ3) is 5.52. The molecule has 0 aliphatic carbocycles. The Morgan fingerprint density at radius 3 is 2.53 bits per heavy atom. The number of β-amino-alcohol motifs (C(OH)–C–C–N with tert-alkyl or cyclic N) is 1. The van der Waals surface area contributed by atoms with Gasteiger partial charge in [0, 0.05) is 32.6 Å². The summed E-state index contributed by atoms with van der Waals surface area (Å²) in [4.78, 5) is 27.3. The van der Waals surface area contributed by atoms with E-state index in [9.17, 15) is 19.8 Å². The van der Waals surface area contributed by atoms with Crippen molar-refractivity contribution in [2.45, 2.75) is 64.3 Å². The second-order valence-corrected chi connectivity index (χ2v) is 9.52. The van der Waals surface area contributed by atoms with E-state index in [-0.39, 0.29) is 24.8 Å². The molecular weight excluding hydrogens is 410 g/mol. The number of benzene rings is 1. The molecule has 1 aromatic heterocycles. The van der Waals surface area contributed by atoms with E-state index in [1.807, 2.05) is 51.1 Å². The number of carbonyl (C=O) groups excluding carboxylic acids is 2. The standard InChI is InChI=1S/C23H33N5O4/c1-23(2,3)20(22(32)27-14-18(30)12-19(27)21(31)24-4)28-13-16(25-26-28)11-17(29)10-15-8-6-5-7-9-15/h5-9,13,17-20,29-30H,10-12,14H2,1-4H3,(H,24,31)/t17?,18?,19?,20-/m1/s1. The zero-order valence-electron chi connectivity index (χ0n) is 19.1. The van der Waals surface area contributed by atoms with E-state index < -0.39 is 29.7 Å². The number of hydrogen-bond donors (Lipinski definition) is 3. The van der Waals surface area contributed by atoms with Crippen molar-refractivity contribution in [1.29, 1.82) is 0 Å². The van der Waals surface area contributed by atoms with Gasteiger partial charge in [-0.2, -0.15) is 0 Å². The molecule has 1 aromatic carbocycles. The van der Waals surface area contributed by atoms with Crippen molar-refractivity contribution in [3.05, 3.63) is 47.8 Å². The third-order valence-corrected chi connectivity index (χ3v) is 5.75. The minimum atomic E-state index is -0.749. The highest BCUT2D eigenvalue weighted by molar-refractivity contribution is 5.90. The van der Waals surface area contributed by atoms with Gasteiger partial charge in [-0.25, -0.2) is 4.68 Å². The highest BCUT2D eigenvalue weighted by atomic mass is 16.3. The molecular formula is C23H33N5O4. The summed E-state index contributed by atoms with van der Waals surface area (Å²) in [7, 11) is 1.52. The van der Waals surface area contributed by atoms with Crippen LogP contribution >= 0.6 is 0 Å². The Hall–Kier alpha value is -2.78. The summed E-state index contributed by atoms with van der Waals surface area (Å²) >= 11 is 0. The van der Waals surface area contributed by atoms with Gasteiger partial charge in [-0.1, -0.05) is 56.3 Å². The smallest absolute Gasteiger partial charge is 0.248 e. The van der Waals surface area contributed by atoms with Crippen molar-refractivity contribution >= 4 is 11.8 Å². The second-order valence-electron chi connectivity index (χ2n) is 9.52. The lowest BCUT2D eigenvalue weighted by Gasteiger charge is -2.34. The Kier molecular flexibility index (Phi) is 7.30. The van der Waals surface area contributed by atoms with Gasteiger partial charge in [-0.05, 0) is 17.4 Å². The molecule has 1 saturated heterocycles. The fourth-order valence-corrected chi connectivity index (χ4v) is 4.24. The molecule has 0 bridgehead atoms. The van der Waals surface area contributed by atoms with E-state index in [0.29, 0.717) is 18.5 Å². The molecule has 1 aliphatic heterocycles. The van der Waals surface area contributed by atoms with Crippen LogP contribution in [-0.4, -0.2) is 73.8 Å². The summed E-state index contributed by atoms with van der Waals surface area (Å²) in [5.41, 5.74) is 1.09. The van der Waals surface area contributed by atoms with Crippen LogP contribution in [0, 0.1) is 5.41 Å². The average molecular weight is 444 g/mol. The van der Waals surface area contributed by atoms with Crippen LogP contribution in [0.25, 0.3) is 0 Å². The van der Waals surface area contributed by atoms with E-state index in [4.69, 9.17) is 0 Å². The Morgan fingerprint density at radius 1 is 1.22 bits per heavy atom. The molecule has 32 heavy (non-hydrogen) atoms. The van der Waals surface area contributed by atoms with E-state index in [1.165, 1.54) is 16.6 Å². The highest BCUT2D eigenvalue weighted by Gasteiger charge is 2.45. The fraction of sp³-hybridized carbons (Fsp3) is 0.565. The van der Waals surface area contributed by atoms with Crippen molar-refractivity contribution in [3.63, 3.8) is 0 Å². The first-order valence-corrected chi connectivity index (χ1v) is 10.9. The molecule has 2 heterocycles. The van der Waals surface area contributed by atoms with Gasteiger partial charge in [0.1, 0.15) is 12.1 Å². The average Bonchev–Trinajstić information content (AvgIpc) is 3.33. The van der Waals surface area contributed by atoms with Gasteiger partial charge >= 0.3 is 0 Å². The van der Waals surface area contributed by atoms with Crippen LogP contribution < -0.4 is 5.32 Å². The molecule has 0 radical (unpaired) electrons. The van der Waals surface area contributed by atoms with Gasteiger partial charge in [0.2, 0.25) is 11.8 Å². The summed E-state index contributed by atoms with van der Waals surface area (Å²) in [6, 6.07) is 8.27. The molecule has 0 saturated carbocycles. The van der Waals surface area contributed by atoms with Crippen LogP contribution in [0.3, 0.4) is 0 Å². The molecule has 1 aliphatic rings. The van der Waals surface area contributed by atoms with Crippen molar-refractivity contribution < 1.29 is 19.8 Å². The van der Waals surface area contributed by atoms with Gasteiger partial charge in [-0.15, -0.1) is 5.10 Å². The van der Waals surface area contributed by atoms with Crippen LogP contribution in [0.5, 0.6) is 0 Å². The highest BCUT2D eigenvalue weighted by Crippen LogP contribution is 2.34. The summed E-state index contributed by atoms with van der Waals surface area (Å²) in [6.45, 7) is 5.86. The Labute approximate surface area is 188 Å². The number of carbonyl (C=O) groups is 2. The van der Waals surface area contributed by atoms with E-state index in [1.54, 1.807) is 6.20 Å². The minimum absolute atomic E-state index is 0.0981. The van der Waals surface area contributed by atoms with Crippen LogP contribution in [0.2, 0.25) is 0 Å². The summed E-state index contributed by atoms with van der Waals surface area (Å²) in [5.74, 6) is -0.588. The first-order valence-electron chi connectivity index (χ1n) is 10.9. The fourth-order valence-electron chi connectivity index (χ4n) is 4.24.